The first-order chi connectivity index (χ1) is 9.15. The zero-order valence-electron chi connectivity index (χ0n) is 12.6. The van der Waals surface area contributed by atoms with Gasteiger partial charge in [0.05, 0.1) is 6.04 Å². The van der Waals surface area contributed by atoms with E-state index >= 15 is 0 Å². The van der Waals surface area contributed by atoms with E-state index in [4.69, 9.17) is 5.73 Å². The van der Waals surface area contributed by atoms with Gasteiger partial charge in [-0.3, -0.25) is 4.79 Å². The Morgan fingerprint density at radius 1 is 1.21 bits per heavy atom. The van der Waals surface area contributed by atoms with Crippen molar-refractivity contribution in [3.05, 3.63) is 0 Å². The molecule has 2 rings (SSSR count). The van der Waals surface area contributed by atoms with Crippen LogP contribution in [-0.2, 0) is 4.79 Å². The zero-order valence-corrected chi connectivity index (χ0v) is 12.6. The summed E-state index contributed by atoms with van der Waals surface area (Å²) in [6.07, 6.45) is 10.0. The van der Waals surface area contributed by atoms with Gasteiger partial charge in [0.1, 0.15) is 0 Å². The van der Waals surface area contributed by atoms with Gasteiger partial charge in [-0.05, 0) is 37.5 Å². The molecule has 1 amide bonds. The third-order valence-corrected chi connectivity index (χ3v) is 5.32. The lowest BCUT2D eigenvalue weighted by Crippen LogP contribution is -2.50. The van der Waals surface area contributed by atoms with Crippen molar-refractivity contribution in [2.75, 3.05) is 6.54 Å². The maximum atomic E-state index is 12.6. The van der Waals surface area contributed by atoms with E-state index < -0.39 is 0 Å². The number of nitrogens with two attached hydrogens (primary N) is 1. The predicted molar refractivity (Wildman–Crippen MR) is 78.7 cm³/mol. The fourth-order valence-electron chi connectivity index (χ4n) is 3.76. The highest BCUT2D eigenvalue weighted by Crippen LogP contribution is 2.34. The summed E-state index contributed by atoms with van der Waals surface area (Å²) in [5.41, 5.74) is 6.15. The fraction of sp³-hybridized carbons (Fsp3) is 0.938. The number of nitrogens with zero attached hydrogens (tertiary/aromatic N) is 1. The van der Waals surface area contributed by atoms with Crippen molar-refractivity contribution in [1.82, 2.24) is 4.90 Å². The molecule has 3 heteroatoms. The van der Waals surface area contributed by atoms with Crippen molar-refractivity contribution in [3.8, 4) is 0 Å². The minimum Gasteiger partial charge on any atom is -0.338 e. The maximum absolute atomic E-state index is 12.6. The van der Waals surface area contributed by atoms with Gasteiger partial charge in [0.25, 0.3) is 0 Å². The van der Waals surface area contributed by atoms with Gasteiger partial charge in [0.15, 0.2) is 0 Å². The summed E-state index contributed by atoms with van der Waals surface area (Å²) in [5.74, 6) is 1.24. The summed E-state index contributed by atoms with van der Waals surface area (Å²) >= 11 is 0. The second kappa shape index (κ2) is 6.74. The topological polar surface area (TPSA) is 46.3 Å². The minimum absolute atomic E-state index is 0.211. The van der Waals surface area contributed by atoms with E-state index in [9.17, 15) is 4.79 Å². The van der Waals surface area contributed by atoms with Crippen LogP contribution in [0.15, 0.2) is 0 Å². The molecule has 1 aliphatic carbocycles. The van der Waals surface area contributed by atoms with E-state index in [1.807, 2.05) is 0 Å². The molecule has 2 N–H and O–H groups in total. The molecule has 2 fully saturated rings. The molecule has 3 atom stereocenters. The van der Waals surface area contributed by atoms with Crippen molar-refractivity contribution < 1.29 is 4.79 Å². The summed E-state index contributed by atoms with van der Waals surface area (Å²) < 4.78 is 0. The second-order valence-corrected chi connectivity index (χ2v) is 6.55. The standard InChI is InChI=1S/C16H30N2O/c1-3-12(2)15(17)16(19)18-11-7-10-14(18)13-8-5-4-6-9-13/h12-15H,3-11,17H2,1-2H3/t12-,14?,15-/m0/s1. The number of carbonyl (C=O) groups is 1. The molecule has 0 aromatic heterocycles. The van der Waals surface area contributed by atoms with E-state index in [2.05, 4.69) is 18.7 Å². The average Bonchev–Trinajstić information content (AvgIpc) is 2.95. The Morgan fingerprint density at radius 3 is 2.53 bits per heavy atom. The molecule has 3 nitrogen and oxygen atoms in total. The molecule has 0 radical (unpaired) electrons. The quantitative estimate of drug-likeness (QED) is 0.850. The van der Waals surface area contributed by atoms with Crippen LogP contribution >= 0.6 is 0 Å². The van der Waals surface area contributed by atoms with Crippen LogP contribution in [0.2, 0.25) is 0 Å². The van der Waals surface area contributed by atoms with E-state index in [1.54, 1.807) is 0 Å². The smallest absolute Gasteiger partial charge is 0.240 e. The van der Waals surface area contributed by atoms with Gasteiger partial charge in [-0.25, -0.2) is 0 Å². The monoisotopic (exact) mass is 266 g/mol. The highest BCUT2D eigenvalue weighted by molar-refractivity contribution is 5.82. The highest BCUT2D eigenvalue weighted by atomic mass is 16.2. The molecule has 0 aromatic rings. The summed E-state index contributed by atoms with van der Waals surface area (Å²) in [4.78, 5) is 14.7. The Bertz CT molecular complexity index is 299. The third-order valence-electron chi connectivity index (χ3n) is 5.32. The minimum atomic E-state index is -0.297. The van der Waals surface area contributed by atoms with E-state index in [0.29, 0.717) is 12.0 Å². The molecule has 0 bridgehead atoms. The Kier molecular flexibility index (Phi) is 5.26. The molecule has 0 aromatic carbocycles. The molecular formula is C16H30N2O. The lowest BCUT2D eigenvalue weighted by atomic mass is 9.82. The van der Waals surface area contributed by atoms with Gasteiger partial charge >= 0.3 is 0 Å². The summed E-state index contributed by atoms with van der Waals surface area (Å²) in [6.45, 7) is 5.14. The van der Waals surface area contributed by atoms with Gasteiger partial charge < -0.3 is 10.6 Å². The predicted octanol–water partition coefficient (Wildman–Crippen LogP) is 2.93. The normalized spacial score (nSPS) is 28.4. The van der Waals surface area contributed by atoms with E-state index in [0.717, 1.165) is 18.9 Å². The zero-order chi connectivity index (χ0) is 13.8. The first-order valence-corrected chi connectivity index (χ1v) is 8.21. The van der Waals surface area contributed by atoms with Crippen molar-refractivity contribution in [1.29, 1.82) is 0 Å². The number of hydrogen-bond acceptors (Lipinski definition) is 2. The lowest BCUT2D eigenvalue weighted by molar-refractivity contribution is -0.135. The van der Waals surface area contributed by atoms with Gasteiger partial charge in [-0.15, -0.1) is 0 Å². The molecule has 1 saturated carbocycles. The average molecular weight is 266 g/mol. The molecule has 1 unspecified atom stereocenters. The van der Waals surface area contributed by atoms with Crippen molar-refractivity contribution in [3.63, 3.8) is 0 Å². The second-order valence-electron chi connectivity index (χ2n) is 6.55. The number of likely N-dealkylation sites (tertiary alicyclic amines) is 1. The summed E-state index contributed by atoms with van der Waals surface area (Å²) in [6, 6.07) is 0.192. The van der Waals surface area contributed by atoms with Gasteiger partial charge in [0.2, 0.25) is 5.91 Å². The van der Waals surface area contributed by atoms with E-state index in [1.165, 1.54) is 44.9 Å². The Hall–Kier alpha value is -0.570. The lowest BCUT2D eigenvalue weighted by Gasteiger charge is -2.36. The Balaban J connectivity index is 1.99. The van der Waals surface area contributed by atoms with Gasteiger partial charge in [-0.1, -0.05) is 39.5 Å². The van der Waals surface area contributed by atoms with Crippen LogP contribution in [-0.4, -0.2) is 29.4 Å². The van der Waals surface area contributed by atoms with Crippen molar-refractivity contribution in [2.45, 2.75) is 77.3 Å². The van der Waals surface area contributed by atoms with Crippen LogP contribution in [0.25, 0.3) is 0 Å². The van der Waals surface area contributed by atoms with Crippen molar-refractivity contribution >= 4 is 5.91 Å². The number of rotatable bonds is 4. The highest BCUT2D eigenvalue weighted by Gasteiger charge is 2.37. The molecule has 19 heavy (non-hydrogen) atoms. The first kappa shape index (κ1) is 14.8. The van der Waals surface area contributed by atoms with Gasteiger partial charge in [0, 0.05) is 12.6 Å². The van der Waals surface area contributed by atoms with Gasteiger partial charge in [-0.2, -0.15) is 0 Å². The Labute approximate surface area is 117 Å². The SMILES string of the molecule is CC[C@H](C)[C@H](N)C(=O)N1CCCC1C1CCCCC1. The summed E-state index contributed by atoms with van der Waals surface area (Å²) in [5, 5.41) is 0. The number of hydrogen-bond donors (Lipinski definition) is 1. The molecule has 1 heterocycles. The largest absolute Gasteiger partial charge is 0.338 e. The number of amides is 1. The first-order valence-electron chi connectivity index (χ1n) is 8.21. The van der Waals surface area contributed by atoms with Crippen LogP contribution in [0, 0.1) is 11.8 Å². The van der Waals surface area contributed by atoms with Crippen LogP contribution in [0.5, 0.6) is 0 Å². The maximum Gasteiger partial charge on any atom is 0.240 e. The molecule has 1 saturated heterocycles. The molecular weight excluding hydrogens is 236 g/mol. The summed E-state index contributed by atoms with van der Waals surface area (Å²) in [7, 11) is 0. The third kappa shape index (κ3) is 3.31. The molecule has 2 aliphatic rings. The van der Waals surface area contributed by atoms with Crippen LogP contribution in [0.1, 0.15) is 65.2 Å². The van der Waals surface area contributed by atoms with Crippen molar-refractivity contribution in [2.24, 2.45) is 17.6 Å². The van der Waals surface area contributed by atoms with Crippen LogP contribution in [0.4, 0.5) is 0 Å². The molecule has 1 aliphatic heterocycles. The number of carbonyl (C=O) groups excluding carboxylic acids is 1. The van der Waals surface area contributed by atoms with Crippen LogP contribution in [0.3, 0.4) is 0 Å². The molecule has 110 valence electrons. The van der Waals surface area contributed by atoms with E-state index in [-0.39, 0.29) is 11.9 Å². The van der Waals surface area contributed by atoms with Crippen LogP contribution < -0.4 is 5.73 Å². The Morgan fingerprint density at radius 2 is 1.89 bits per heavy atom. The fourth-order valence-corrected chi connectivity index (χ4v) is 3.76. The molecule has 0 spiro atoms.